The number of aryl methyl sites for hydroxylation is 2. The Kier molecular flexibility index (Phi) is 7.69. The Morgan fingerprint density at radius 1 is 1.27 bits per heavy atom. The lowest BCUT2D eigenvalue weighted by Crippen LogP contribution is -2.44. The van der Waals surface area contributed by atoms with Crippen LogP contribution in [0.25, 0.3) is 0 Å². The Morgan fingerprint density at radius 2 is 1.95 bits per heavy atom. The molecule has 0 aliphatic carbocycles. The predicted octanol–water partition coefficient (Wildman–Crippen LogP) is 2.70. The predicted molar refractivity (Wildman–Crippen MR) is 91.9 cm³/mol. The Bertz CT molecular complexity index is 488. The highest BCUT2D eigenvalue weighted by atomic mass is 35.5. The summed E-state index contributed by atoms with van der Waals surface area (Å²) in [4.78, 5) is 14.1. The number of benzene rings is 1. The molecule has 1 aromatic rings. The number of ether oxygens (including phenoxy) is 1. The van der Waals surface area contributed by atoms with E-state index in [9.17, 15) is 4.79 Å². The molecule has 1 heterocycles. The van der Waals surface area contributed by atoms with Crippen LogP contribution >= 0.6 is 12.4 Å². The Morgan fingerprint density at radius 3 is 2.59 bits per heavy atom. The summed E-state index contributed by atoms with van der Waals surface area (Å²) in [6.07, 6.45) is 2.52. The lowest BCUT2D eigenvalue weighted by molar-refractivity contribution is -0.132. The van der Waals surface area contributed by atoms with Gasteiger partial charge in [0.1, 0.15) is 5.75 Å². The minimum atomic E-state index is 0. The number of rotatable bonds is 5. The first-order chi connectivity index (χ1) is 10.1. The summed E-state index contributed by atoms with van der Waals surface area (Å²) in [6.45, 7) is 6.59. The van der Waals surface area contributed by atoms with Crippen LogP contribution in [0.15, 0.2) is 18.2 Å². The quantitative estimate of drug-likeness (QED) is 0.904. The zero-order valence-electron chi connectivity index (χ0n) is 13.7. The van der Waals surface area contributed by atoms with Crippen molar-refractivity contribution in [2.24, 2.45) is 0 Å². The number of hydrogen-bond acceptors (Lipinski definition) is 3. The summed E-state index contributed by atoms with van der Waals surface area (Å²) < 4.78 is 5.69. The summed E-state index contributed by atoms with van der Waals surface area (Å²) in [5, 5.41) is 3.32. The van der Waals surface area contributed by atoms with Crippen LogP contribution in [0.1, 0.15) is 30.4 Å². The van der Waals surface area contributed by atoms with Crippen LogP contribution in [0.3, 0.4) is 0 Å². The second-order valence-electron chi connectivity index (χ2n) is 5.83. The zero-order chi connectivity index (χ0) is 15.2. The van der Waals surface area contributed by atoms with Crippen LogP contribution in [-0.2, 0) is 4.79 Å². The molecule has 4 nitrogen and oxygen atoms in total. The summed E-state index contributed by atoms with van der Waals surface area (Å²) in [5.74, 6) is 1.01. The van der Waals surface area contributed by atoms with E-state index in [1.165, 1.54) is 11.1 Å². The monoisotopic (exact) mass is 326 g/mol. The van der Waals surface area contributed by atoms with Gasteiger partial charge in [0.2, 0.25) is 5.91 Å². The minimum Gasteiger partial charge on any atom is -0.493 e. The Labute approximate surface area is 139 Å². The standard InChI is InChI=1S/C17H26N2O2.ClH/c1-13-4-5-16(12-14(13)2)21-11-8-17(20)19(3)15-6-9-18-10-7-15;/h4-5,12,15,18H,6-11H2,1-3H3;1H. The molecule has 1 aliphatic rings. The van der Waals surface area contributed by atoms with Gasteiger partial charge in [-0.25, -0.2) is 0 Å². The molecule has 0 spiro atoms. The molecule has 22 heavy (non-hydrogen) atoms. The van der Waals surface area contributed by atoms with E-state index in [0.29, 0.717) is 19.1 Å². The minimum absolute atomic E-state index is 0. The molecule has 0 saturated carbocycles. The van der Waals surface area contributed by atoms with Crippen LogP contribution in [-0.4, -0.2) is 43.6 Å². The first-order valence-corrected chi connectivity index (χ1v) is 7.74. The fraction of sp³-hybridized carbons (Fsp3) is 0.588. The molecule has 1 amide bonds. The fourth-order valence-corrected chi connectivity index (χ4v) is 2.63. The van der Waals surface area contributed by atoms with E-state index in [4.69, 9.17) is 4.74 Å². The lowest BCUT2D eigenvalue weighted by Gasteiger charge is -2.31. The van der Waals surface area contributed by atoms with Crippen molar-refractivity contribution in [3.63, 3.8) is 0 Å². The molecule has 0 radical (unpaired) electrons. The molecule has 124 valence electrons. The molecule has 0 unspecified atom stereocenters. The second-order valence-corrected chi connectivity index (χ2v) is 5.83. The third-order valence-corrected chi connectivity index (χ3v) is 4.31. The van der Waals surface area contributed by atoms with Crippen molar-refractivity contribution in [1.29, 1.82) is 0 Å². The second kappa shape index (κ2) is 9.01. The molecule has 1 fully saturated rings. The van der Waals surface area contributed by atoms with Gasteiger partial charge in [-0.1, -0.05) is 6.07 Å². The number of halogens is 1. The third kappa shape index (κ3) is 5.18. The third-order valence-electron chi connectivity index (χ3n) is 4.31. The van der Waals surface area contributed by atoms with Gasteiger partial charge in [0.05, 0.1) is 13.0 Å². The van der Waals surface area contributed by atoms with Crippen LogP contribution in [0.2, 0.25) is 0 Å². The van der Waals surface area contributed by atoms with Gasteiger partial charge in [-0.2, -0.15) is 0 Å². The maximum Gasteiger partial charge on any atom is 0.225 e. The van der Waals surface area contributed by atoms with Crippen molar-refractivity contribution in [2.75, 3.05) is 26.7 Å². The Hall–Kier alpha value is -1.26. The van der Waals surface area contributed by atoms with E-state index in [-0.39, 0.29) is 18.3 Å². The van der Waals surface area contributed by atoms with E-state index in [1.54, 1.807) is 0 Å². The highest BCUT2D eigenvalue weighted by Crippen LogP contribution is 2.17. The number of carbonyl (C=O) groups excluding carboxylic acids is 1. The van der Waals surface area contributed by atoms with Gasteiger partial charge in [0, 0.05) is 13.1 Å². The zero-order valence-corrected chi connectivity index (χ0v) is 14.5. The molecule has 0 bridgehead atoms. The van der Waals surface area contributed by atoms with Gasteiger partial charge in [-0.3, -0.25) is 4.79 Å². The number of hydrogen-bond donors (Lipinski definition) is 1. The first kappa shape index (κ1) is 18.8. The summed E-state index contributed by atoms with van der Waals surface area (Å²) in [6, 6.07) is 6.41. The average Bonchev–Trinajstić information content (AvgIpc) is 2.51. The number of carbonyl (C=O) groups is 1. The van der Waals surface area contributed by atoms with Crippen molar-refractivity contribution in [3.05, 3.63) is 29.3 Å². The van der Waals surface area contributed by atoms with Gasteiger partial charge < -0.3 is 15.0 Å². The van der Waals surface area contributed by atoms with Crippen molar-refractivity contribution < 1.29 is 9.53 Å². The van der Waals surface area contributed by atoms with E-state index in [2.05, 4.69) is 19.2 Å². The SMILES string of the molecule is Cc1ccc(OCCC(=O)N(C)C2CCNCC2)cc1C.Cl. The summed E-state index contributed by atoms with van der Waals surface area (Å²) in [7, 11) is 1.91. The van der Waals surface area contributed by atoms with Gasteiger partial charge >= 0.3 is 0 Å². The fourth-order valence-electron chi connectivity index (χ4n) is 2.63. The molecule has 0 atom stereocenters. The largest absolute Gasteiger partial charge is 0.493 e. The van der Waals surface area contributed by atoms with Gasteiger partial charge in [0.15, 0.2) is 0 Å². The smallest absolute Gasteiger partial charge is 0.225 e. The molecule has 2 rings (SSSR count). The van der Waals surface area contributed by atoms with Gasteiger partial charge in [0.25, 0.3) is 0 Å². The van der Waals surface area contributed by atoms with E-state index < -0.39 is 0 Å². The van der Waals surface area contributed by atoms with Crippen molar-refractivity contribution in [1.82, 2.24) is 10.2 Å². The van der Waals surface area contributed by atoms with Crippen LogP contribution in [0, 0.1) is 13.8 Å². The van der Waals surface area contributed by atoms with Crippen molar-refractivity contribution in [2.45, 2.75) is 39.2 Å². The molecule has 0 aromatic heterocycles. The van der Waals surface area contributed by atoms with Crippen molar-refractivity contribution in [3.8, 4) is 5.75 Å². The Balaban J connectivity index is 0.00000242. The maximum atomic E-state index is 12.2. The molecular weight excluding hydrogens is 300 g/mol. The summed E-state index contributed by atoms with van der Waals surface area (Å²) in [5.41, 5.74) is 2.47. The number of nitrogens with zero attached hydrogens (tertiary/aromatic N) is 1. The van der Waals surface area contributed by atoms with Gasteiger partial charge in [-0.15, -0.1) is 12.4 Å². The molecule has 1 saturated heterocycles. The molecular formula is C17H27ClN2O2. The topological polar surface area (TPSA) is 41.6 Å². The van der Waals surface area contributed by atoms with Crippen molar-refractivity contribution >= 4 is 18.3 Å². The number of piperidine rings is 1. The average molecular weight is 327 g/mol. The van der Waals surface area contributed by atoms with Crippen LogP contribution in [0.4, 0.5) is 0 Å². The van der Waals surface area contributed by atoms with E-state index >= 15 is 0 Å². The molecule has 5 heteroatoms. The first-order valence-electron chi connectivity index (χ1n) is 7.74. The highest BCUT2D eigenvalue weighted by Gasteiger charge is 2.21. The number of nitrogens with one attached hydrogen (secondary N) is 1. The molecule has 1 N–H and O–H groups in total. The van der Waals surface area contributed by atoms with Gasteiger partial charge in [-0.05, 0) is 63.0 Å². The van der Waals surface area contributed by atoms with Crippen LogP contribution in [0.5, 0.6) is 5.75 Å². The van der Waals surface area contributed by atoms with Crippen LogP contribution < -0.4 is 10.1 Å². The highest BCUT2D eigenvalue weighted by molar-refractivity contribution is 5.85. The molecule has 1 aliphatic heterocycles. The molecule has 1 aromatic carbocycles. The lowest BCUT2D eigenvalue weighted by atomic mass is 10.1. The summed E-state index contributed by atoms with van der Waals surface area (Å²) >= 11 is 0. The van der Waals surface area contributed by atoms with E-state index in [0.717, 1.165) is 31.7 Å². The normalized spacial score (nSPS) is 15.0. The van der Waals surface area contributed by atoms with E-state index in [1.807, 2.05) is 30.1 Å². The number of amides is 1. The maximum absolute atomic E-state index is 12.2.